The largest absolute Gasteiger partial charge is 0.497 e. The summed E-state index contributed by atoms with van der Waals surface area (Å²) >= 11 is 0. The molecule has 0 saturated carbocycles. The molecule has 1 amide bonds. The van der Waals surface area contributed by atoms with Crippen molar-refractivity contribution in [3.63, 3.8) is 0 Å². The van der Waals surface area contributed by atoms with Crippen molar-refractivity contribution >= 4 is 16.9 Å². The van der Waals surface area contributed by atoms with Crippen LogP contribution in [-0.2, 0) is 11.2 Å². The van der Waals surface area contributed by atoms with E-state index in [4.69, 9.17) is 9.15 Å². The van der Waals surface area contributed by atoms with Gasteiger partial charge in [-0.05, 0) is 42.7 Å². The van der Waals surface area contributed by atoms with Crippen LogP contribution in [0.4, 0.5) is 0 Å². The third-order valence-corrected chi connectivity index (χ3v) is 4.42. The first-order valence-electron chi connectivity index (χ1n) is 8.50. The molecule has 3 rings (SSSR count). The Hall–Kier alpha value is -2.75. The average Bonchev–Trinajstić information content (AvgIpc) is 3.01. The third kappa shape index (κ3) is 3.85. The minimum atomic E-state index is -0.0150. The van der Waals surface area contributed by atoms with Crippen LogP contribution in [0.15, 0.2) is 53.1 Å². The fourth-order valence-electron chi connectivity index (χ4n) is 3.00. The second kappa shape index (κ2) is 7.43. The summed E-state index contributed by atoms with van der Waals surface area (Å²) in [6.07, 6.45) is 2.81. The van der Waals surface area contributed by atoms with Crippen LogP contribution >= 0.6 is 0 Å². The number of ether oxygens (including phenoxy) is 1. The molecule has 0 fully saturated rings. The number of carbonyl (C=O) groups excluding carboxylic acids is 1. The number of aryl methyl sites for hydroxylation is 1. The summed E-state index contributed by atoms with van der Waals surface area (Å²) < 4.78 is 10.8. The Labute approximate surface area is 147 Å². The monoisotopic (exact) mass is 337 g/mol. The Kier molecular flexibility index (Phi) is 5.08. The fraction of sp³-hybridized carbons (Fsp3) is 0.286. The maximum Gasteiger partial charge on any atom is 0.225 e. The summed E-state index contributed by atoms with van der Waals surface area (Å²) in [5.74, 6) is 0.802. The number of benzene rings is 2. The second-order valence-corrected chi connectivity index (χ2v) is 6.24. The maximum absolute atomic E-state index is 12.5. The average molecular weight is 337 g/mol. The number of hydrogen-bond acceptors (Lipinski definition) is 3. The number of furan rings is 1. The summed E-state index contributed by atoms with van der Waals surface area (Å²) in [5.41, 5.74) is 3.95. The van der Waals surface area contributed by atoms with Crippen molar-refractivity contribution < 1.29 is 13.9 Å². The molecule has 130 valence electrons. The molecule has 0 spiro atoms. The van der Waals surface area contributed by atoms with E-state index in [0.717, 1.165) is 39.8 Å². The lowest BCUT2D eigenvalue weighted by molar-refractivity contribution is -0.121. The second-order valence-electron chi connectivity index (χ2n) is 6.24. The van der Waals surface area contributed by atoms with E-state index in [2.05, 4.69) is 12.2 Å². The summed E-state index contributed by atoms with van der Waals surface area (Å²) in [6.45, 7) is 4.08. The summed E-state index contributed by atoms with van der Waals surface area (Å²) in [7, 11) is 1.64. The smallest absolute Gasteiger partial charge is 0.225 e. The zero-order chi connectivity index (χ0) is 17.8. The van der Waals surface area contributed by atoms with Crippen molar-refractivity contribution in [1.29, 1.82) is 0 Å². The van der Waals surface area contributed by atoms with Gasteiger partial charge >= 0.3 is 0 Å². The van der Waals surface area contributed by atoms with Crippen LogP contribution < -0.4 is 10.1 Å². The molecule has 0 bridgehead atoms. The minimum absolute atomic E-state index is 0.00839. The predicted octanol–water partition coefficient (Wildman–Crippen LogP) is 4.56. The van der Waals surface area contributed by atoms with Gasteiger partial charge in [-0.15, -0.1) is 0 Å². The van der Waals surface area contributed by atoms with Crippen molar-refractivity contribution in [2.24, 2.45) is 0 Å². The summed E-state index contributed by atoms with van der Waals surface area (Å²) in [6, 6.07) is 13.8. The van der Waals surface area contributed by atoms with Gasteiger partial charge in [0.1, 0.15) is 11.3 Å². The van der Waals surface area contributed by atoms with Gasteiger partial charge in [0.05, 0.1) is 25.8 Å². The van der Waals surface area contributed by atoms with Crippen LogP contribution in [0.1, 0.15) is 36.1 Å². The first-order valence-corrected chi connectivity index (χ1v) is 8.50. The van der Waals surface area contributed by atoms with E-state index in [-0.39, 0.29) is 11.9 Å². The van der Waals surface area contributed by atoms with Crippen LogP contribution in [0.2, 0.25) is 0 Å². The van der Waals surface area contributed by atoms with Gasteiger partial charge in [-0.25, -0.2) is 0 Å². The Morgan fingerprint density at radius 1 is 1.20 bits per heavy atom. The normalized spacial score (nSPS) is 12.1. The molecule has 1 N–H and O–H groups in total. The van der Waals surface area contributed by atoms with Gasteiger partial charge in [0.15, 0.2) is 0 Å². The fourth-order valence-corrected chi connectivity index (χ4v) is 3.00. The van der Waals surface area contributed by atoms with Gasteiger partial charge in [-0.1, -0.05) is 31.2 Å². The molecule has 25 heavy (non-hydrogen) atoms. The van der Waals surface area contributed by atoms with Gasteiger partial charge in [0.25, 0.3) is 0 Å². The first kappa shape index (κ1) is 17.1. The molecular formula is C21H23NO3. The number of fused-ring (bicyclic) bond motifs is 1. The third-order valence-electron chi connectivity index (χ3n) is 4.42. The molecule has 1 heterocycles. The van der Waals surface area contributed by atoms with E-state index in [1.165, 1.54) is 0 Å². The highest BCUT2D eigenvalue weighted by Gasteiger charge is 2.15. The lowest BCUT2D eigenvalue weighted by Crippen LogP contribution is -2.29. The van der Waals surface area contributed by atoms with Gasteiger partial charge in [-0.3, -0.25) is 4.79 Å². The number of rotatable bonds is 6. The molecule has 0 aliphatic carbocycles. The van der Waals surface area contributed by atoms with E-state index in [0.29, 0.717) is 6.42 Å². The first-order chi connectivity index (χ1) is 12.1. The SMILES string of the molecule is CC[C@@H](NC(=O)Cc1coc2cc(C)ccc12)c1ccc(OC)cc1. The zero-order valence-electron chi connectivity index (χ0n) is 14.8. The molecule has 0 aliphatic rings. The highest BCUT2D eigenvalue weighted by Crippen LogP contribution is 2.24. The van der Waals surface area contributed by atoms with E-state index in [1.807, 2.05) is 49.4 Å². The number of amides is 1. The molecule has 4 nitrogen and oxygen atoms in total. The summed E-state index contributed by atoms with van der Waals surface area (Å²) in [4.78, 5) is 12.5. The van der Waals surface area contributed by atoms with Crippen molar-refractivity contribution in [1.82, 2.24) is 5.32 Å². The summed E-state index contributed by atoms with van der Waals surface area (Å²) in [5, 5.41) is 4.11. The molecule has 1 atom stereocenters. The minimum Gasteiger partial charge on any atom is -0.497 e. The van der Waals surface area contributed by atoms with Crippen molar-refractivity contribution in [3.8, 4) is 5.75 Å². The predicted molar refractivity (Wildman–Crippen MR) is 98.8 cm³/mol. The topological polar surface area (TPSA) is 51.5 Å². The zero-order valence-corrected chi connectivity index (χ0v) is 14.8. The number of nitrogens with one attached hydrogen (secondary N) is 1. The lowest BCUT2D eigenvalue weighted by atomic mass is 10.0. The van der Waals surface area contributed by atoms with Crippen LogP contribution in [0.5, 0.6) is 5.75 Å². The Morgan fingerprint density at radius 2 is 1.96 bits per heavy atom. The Bertz CT molecular complexity index is 864. The van der Waals surface area contributed by atoms with Crippen molar-refractivity contribution in [2.75, 3.05) is 7.11 Å². The Morgan fingerprint density at radius 3 is 2.64 bits per heavy atom. The van der Waals surface area contributed by atoms with E-state index < -0.39 is 0 Å². The highest BCUT2D eigenvalue weighted by molar-refractivity contribution is 5.88. The molecule has 2 aromatic carbocycles. The molecule has 0 radical (unpaired) electrons. The molecule has 0 unspecified atom stereocenters. The van der Waals surface area contributed by atoms with Gasteiger partial charge in [-0.2, -0.15) is 0 Å². The molecular weight excluding hydrogens is 314 g/mol. The maximum atomic E-state index is 12.5. The Balaban J connectivity index is 1.71. The standard InChI is InChI=1S/C21H23NO3/c1-4-19(15-6-8-17(24-3)9-7-15)22-21(23)12-16-13-25-20-11-14(2)5-10-18(16)20/h5-11,13,19H,4,12H2,1-3H3,(H,22,23)/t19-/m1/s1. The number of methoxy groups -OCH3 is 1. The number of hydrogen-bond donors (Lipinski definition) is 1. The van der Waals surface area contributed by atoms with Gasteiger partial charge in [0, 0.05) is 10.9 Å². The van der Waals surface area contributed by atoms with Crippen LogP contribution in [0.3, 0.4) is 0 Å². The van der Waals surface area contributed by atoms with Crippen LogP contribution in [0, 0.1) is 6.92 Å². The molecule has 4 heteroatoms. The number of carbonyl (C=O) groups is 1. The molecule has 3 aromatic rings. The van der Waals surface area contributed by atoms with Crippen molar-refractivity contribution in [3.05, 3.63) is 65.4 Å². The van der Waals surface area contributed by atoms with Gasteiger partial charge in [0.2, 0.25) is 5.91 Å². The van der Waals surface area contributed by atoms with E-state index in [1.54, 1.807) is 13.4 Å². The van der Waals surface area contributed by atoms with Crippen LogP contribution in [-0.4, -0.2) is 13.0 Å². The molecule has 0 saturated heterocycles. The highest BCUT2D eigenvalue weighted by atomic mass is 16.5. The van der Waals surface area contributed by atoms with Crippen molar-refractivity contribution in [2.45, 2.75) is 32.7 Å². The van der Waals surface area contributed by atoms with Gasteiger partial charge < -0.3 is 14.5 Å². The lowest BCUT2D eigenvalue weighted by Gasteiger charge is -2.17. The van der Waals surface area contributed by atoms with E-state index in [9.17, 15) is 4.79 Å². The quantitative estimate of drug-likeness (QED) is 0.717. The van der Waals surface area contributed by atoms with Crippen LogP contribution in [0.25, 0.3) is 11.0 Å². The van der Waals surface area contributed by atoms with E-state index >= 15 is 0 Å². The molecule has 1 aromatic heterocycles. The molecule has 0 aliphatic heterocycles.